The molecule has 142 valence electrons. The van der Waals surface area contributed by atoms with Gasteiger partial charge in [-0.25, -0.2) is 4.79 Å². The van der Waals surface area contributed by atoms with Crippen molar-refractivity contribution in [2.75, 3.05) is 24.5 Å². The number of pyridine rings is 1. The second-order valence-electron chi connectivity index (χ2n) is 7.33. The highest BCUT2D eigenvalue weighted by atomic mass is 16.5. The van der Waals surface area contributed by atoms with Gasteiger partial charge in [0.1, 0.15) is 11.9 Å². The molecule has 2 aromatic rings. The summed E-state index contributed by atoms with van der Waals surface area (Å²) >= 11 is 0. The van der Waals surface area contributed by atoms with Gasteiger partial charge in [0.25, 0.3) is 0 Å². The van der Waals surface area contributed by atoms with E-state index in [1.807, 2.05) is 43.6 Å². The average molecular weight is 366 g/mol. The van der Waals surface area contributed by atoms with Gasteiger partial charge in [-0.1, -0.05) is 18.2 Å². The zero-order valence-electron chi connectivity index (χ0n) is 15.6. The molecule has 2 N–H and O–H groups in total. The SMILES string of the molecule is CC1Oc2ccccc2C1NC(=O)NCC1CCN(c2ccncc2)CC1. The molecule has 27 heavy (non-hydrogen) atoms. The van der Waals surface area contributed by atoms with E-state index < -0.39 is 0 Å². The number of carbonyl (C=O) groups is 1. The van der Waals surface area contributed by atoms with Crippen molar-refractivity contribution in [2.45, 2.75) is 31.9 Å². The number of carbonyl (C=O) groups excluding carboxylic acids is 1. The van der Waals surface area contributed by atoms with Gasteiger partial charge in [-0.2, -0.15) is 0 Å². The minimum Gasteiger partial charge on any atom is -0.488 e. The molecule has 4 rings (SSSR count). The first-order valence-corrected chi connectivity index (χ1v) is 9.65. The molecular formula is C21H26N4O2. The molecule has 2 amide bonds. The maximum absolute atomic E-state index is 12.4. The van der Waals surface area contributed by atoms with Gasteiger partial charge in [0.2, 0.25) is 0 Å². The van der Waals surface area contributed by atoms with E-state index in [2.05, 4.69) is 32.7 Å². The van der Waals surface area contributed by atoms with Crippen LogP contribution < -0.4 is 20.3 Å². The van der Waals surface area contributed by atoms with Gasteiger partial charge >= 0.3 is 6.03 Å². The minimum atomic E-state index is -0.122. The maximum Gasteiger partial charge on any atom is 0.315 e. The second-order valence-corrected chi connectivity index (χ2v) is 7.33. The Morgan fingerprint density at radius 2 is 1.93 bits per heavy atom. The zero-order chi connectivity index (χ0) is 18.6. The van der Waals surface area contributed by atoms with E-state index in [0.717, 1.165) is 37.2 Å². The van der Waals surface area contributed by atoms with Crippen LogP contribution in [0.1, 0.15) is 31.4 Å². The Balaban J connectivity index is 1.24. The highest BCUT2D eigenvalue weighted by Gasteiger charge is 2.32. The molecule has 0 saturated carbocycles. The number of urea groups is 1. The molecule has 6 heteroatoms. The monoisotopic (exact) mass is 366 g/mol. The standard InChI is InChI=1S/C21H26N4O2/c1-15-20(18-4-2-3-5-19(18)27-15)24-21(26)23-14-16-8-12-25(13-9-16)17-6-10-22-11-7-17/h2-7,10-11,15-16,20H,8-9,12-14H2,1H3,(H2,23,24,26). The Bertz CT molecular complexity index is 775. The number of rotatable bonds is 4. The van der Waals surface area contributed by atoms with E-state index in [1.54, 1.807) is 0 Å². The summed E-state index contributed by atoms with van der Waals surface area (Å²) in [5.41, 5.74) is 2.27. The van der Waals surface area contributed by atoms with Gasteiger partial charge in [-0.15, -0.1) is 0 Å². The molecule has 0 bridgehead atoms. The number of aromatic nitrogens is 1. The fourth-order valence-corrected chi connectivity index (χ4v) is 3.94. The lowest BCUT2D eigenvalue weighted by Gasteiger charge is -2.33. The molecular weight excluding hydrogens is 340 g/mol. The van der Waals surface area contributed by atoms with Crippen molar-refractivity contribution in [1.29, 1.82) is 0 Å². The normalized spacial score (nSPS) is 22.0. The number of nitrogens with zero attached hydrogens (tertiary/aromatic N) is 2. The van der Waals surface area contributed by atoms with Crippen molar-refractivity contribution >= 4 is 11.7 Å². The van der Waals surface area contributed by atoms with Crippen molar-refractivity contribution in [3.63, 3.8) is 0 Å². The van der Waals surface area contributed by atoms with E-state index in [1.165, 1.54) is 5.69 Å². The van der Waals surface area contributed by atoms with Crippen molar-refractivity contribution in [3.8, 4) is 5.75 Å². The predicted molar refractivity (Wildman–Crippen MR) is 105 cm³/mol. The van der Waals surface area contributed by atoms with E-state index >= 15 is 0 Å². The quantitative estimate of drug-likeness (QED) is 0.873. The molecule has 0 aliphatic carbocycles. The number of benzene rings is 1. The van der Waals surface area contributed by atoms with Crippen LogP contribution in [0, 0.1) is 5.92 Å². The van der Waals surface area contributed by atoms with E-state index in [4.69, 9.17) is 4.74 Å². The summed E-state index contributed by atoms with van der Waals surface area (Å²) in [4.78, 5) is 18.8. The van der Waals surface area contributed by atoms with Crippen LogP contribution in [0.2, 0.25) is 0 Å². The molecule has 6 nitrogen and oxygen atoms in total. The van der Waals surface area contributed by atoms with E-state index in [0.29, 0.717) is 12.5 Å². The number of anilines is 1. The third-order valence-corrected chi connectivity index (χ3v) is 5.52. The summed E-state index contributed by atoms with van der Waals surface area (Å²) in [5.74, 6) is 1.37. The van der Waals surface area contributed by atoms with Crippen LogP contribution in [0.5, 0.6) is 5.75 Å². The number of hydrogen-bond donors (Lipinski definition) is 2. The van der Waals surface area contributed by atoms with Crippen molar-refractivity contribution < 1.29 is 9.53 Å². The highest BCUT2D eigenvalue weighted by Crippen LogP contribution is 2.36. The average Bonchev–Trinajstić information content (AvgIpc) is 3.03. The molecule has 1 saturated heterocycles. The van der Waals surface area contributed by atoms with Gasteiger partial charge in [-0.05, 0) is 43.9 Å². The van der Waals surface area contributed by atoms with Gasteiger partial charge < -0.3 is 20.3 Å². The summed E-state index contributed by atoms with van der Waals surface area (Å²) < 4.78 is 5.82. The van der Waals surface area contributed by atoms with Crippen LogP contribution in [-0.4, -0.2) is 36.8 Å². The molecule has 2 unspecified atom stereocenters. The van der Waals surface area contributed by atoms with Crippen LogP contribution >= 0.6 is 0 Å². The molecule has 0 radical (unpaired) electrons. The second kappa shape index (κ2) is 7.86. The fraction of sp³-hybridized carbons (Fsp3) is 0.429. The van der Waals surface area contributed by atoms with Gasteiger partial charge in [0, 0.05) is 43.3 Å². The van der Waals surface area contributed by atoms with Crippen LogP contribution in [0.25, 0.3) is 0 Å². The zero-order valence-corrected chi connectivity index (χ0v) is 15.6. The highest BCUT2D eigenvalue weighted by molar-refractivity contribution is 5.75. The molecule has 2 aliphatic heterocycles. The summed E-state index contributed by atoms with van der Waals surface area (Å²) in [6.07, 6.45) is 5.76. The number of ether oxygens (including phenoxy) is 1. The molecule has 0 spiro atoms. The first-order valence-electron chi connectivity index (χ1n) is 9.65. The number of piperidine rings is 1. The lowest BCUT2D eigenvalue weighted by atomic mass is 9.96. The summed E-state index contributed by atoms with van der Waals surface area (Å²) in [7, 11) is 0. The maximum atomic E-state index is 12.4. The van der Waals surface area contributed by atoms with Crippen LogP contribution in [-0.2, 0) is 0 Å². The molecule has 1 aromatic heterocycles. The Kier molecular flexibility index (Phi) is 5.14. The Labute approximate surface area is 159 Å². The Hall–Kier alpha value is -2.76. The molecule has 2 atom stereocenters. The lowest BCUT2D eigenvalue weighted by Crippen LogP contribution is -2.44. The molecule has 3 heterocycles. The van der Waals surface area contributed by atoms with Gasteiger partial charge in [0.05, 0.1) is 6.04 Å². The van der Waals surface area contributed by atoms with Crippen LogP contribution in [0.15, 0.2) is 48.8 Å². The molecule has 2 aliphatic rings. The van der Waals surface area contributed by atoms with Crippen molar-refractivity contribution in [1.82, 2.24) is 15.6 Å². The lowest BCUT2D eigenvalue weighted by molar-refractivity contribution is 0.198. The largest absolute Gasteiger partial charge is 0.488 e. The summed E-state index contributed by atoms with van der Waals surface area (Å²) in [6, 6.07) is 11.8. The topological polar surface area (TPSA) is 66.5 Å². The smallest absolute Gasteiger partial charge is 0.315 e. The number of para-hydroxylation sites is 1. The number of fused-ring (bicyclic) bond motifs is 1. The predicted octanol–water partition coefficient (Wildman–Crippen LogP) is 3.12. The summed E-state index contributed by atoms with van der Waals surface area (Å²) in [6.45, 7) is 4.72. The minimum absolute atomic E-state index is 0.0586. The van der Waals surface area contributed by atoms with Crippen molar-refractivity contribution in [3.05, 3.63) is 54.4 Å². The Morgan fingerprint density at radius 3 is 2.70 bits per heavy atom. The molecule has 1 fully saturated rings. The number of nitrogens with one attached hydrogen (secondary N) is 2. The van der Waals surface area contributed by atoms with Crippen LogP contribution in [0.4, 0.5) is 10.5 Å². The van der Waals surface area contributed by atoms with E-state index in [9.17, 15) is 4.79 Å². The van der Waals surface area contributed by atoms with Gasteiger partial charge in [-0.3, -0.25) is 4.98 Å². The third kappa shape index (κ3) is 3.99. The number of hydrogen-bond acceptors (Lipinski definition) is 4. The number of amides is 2. The van der Waals surface area contributed by atoms with E-state index in [-0.39, 0.29) is 18.2 Å². The summed E-state index contributed by atoms with van der Waals surface area (Å²) in [5, 5.41) is 6.12. The third-order valence-electron chi connectivity index (χ3n) is 5.52. The Morgan fingerprint density at radius 1 is 1.19 bits per heavy atom. The first-order chi connectivity index (χ1) is 13.2. The first kappa shape index (κ1) is 17.6. The molecule has 1 aromatic carbocycles. The van der Waals surface area contributed by atoms with Crippen LogP contribution in [0.3, 0.4) is 0 Å². The van der Waals surface area contributed by atoms with Crippen molar-refractivity contribution in [2.24, 2.45) is 5.92 Å². The van der Waals surface area contributed by atoms with Gasteiger partial charge in [0.15, 0.2) is 0 Å². The fourth-order valence-electron chi connectivity index (χ4n) is 3.94.